The molecular formula is C20H23N7O. The number of rotatable bonds is 4. The Kier molecular flexibility index (Phi) is 4.79. The van der Waals surface area contributed by atoms with Gasteiger partial charge in [0.2, 0.25) is 0 Å². The van der Waals surface area contributed by atoms with Crippen molar-refractivity contribution in [3.63, 3.8) is 0 Å². The summed E-state index contributed by atoms with van der Waals surface area (Å²) in [6, 6.07) is 7.51. The molecule has 0 unspecified atom stereocenters. The summed E-state index contributed by atoms with van der Waals surface area (Å²) in [5.41, 5.74) is 10.1. The third kappa shape index (κ3) is 3.59. The quantitative estimate of drug-likeness (QED) is 0.533. The fraction of sp³-hybridized carbons (Fsp3) is 0.300. The van der Waals surface area contributed by atoms with Crippen molar-refractivity contribution in [1.29, 1.82) is 5.41 Å². The summed E-state index contributed by atoms with van der Waals surface area (Å²) in [7, 11) is 1.87. The molecule has 8 heteroatoms. The minimum atomic E-state index is 0.151. The van der Waals surface area contributed by atoms with Gasteiger partial charge in [-0.1, -0.05) is 6.07 Å². The molecule has 3 N–H and O–H groups in total. The SMILES string of the molecule is C[C@H]1CN(c2cc(C(=N)c3cc(-c4cnn(C)c4)ccc3N)ncn2)CCO1. The van der Waals surface area contributed by atoms with Crippen LogP contribution in [0.4, 0.5) is 11.5 Å². The Morgan fingerprint density at radius 1 is 1.25 bits per heavy atom. The predicted octanol–water partition coefficient (Wildman–Crippen LogP) is 2.10. The van der Waals surface area contributed by atoms with Crippen molar-refractivity contribution in [3.8, 4) is 11.1 Å². The fourth-order valence-corrected chi connectivity index (χ4v) is 3.34. The van der Waals surface area contributed by atoms with Crippen LogP contribution in [0, 0.1) is 5.41 Å². The molecule has 1 aliphatic heterocycles. The summed E-state index contributed by atoms with van der Waals surface area (Å²) in [6.45, 7) is 4.24. The van der Waals surface area contributed by atoms with Gasteiger partial charge in [-0.05, 0) is 24.6 Å². The number of ether oxygens (including phenoxy) is 1. The molecule has 1 fully saturated rings. The van der Waals surface area contributed by atoms with Crippen molar-refractivity contribution in [3.05, 3.63) is 54.2 Å². The second-order valence-corrected chi connectivity index (χ2v) is 6.97. The minimum absolute atomic E-state index is 0.151. The standard InChI is InChI=1S/C20H23N7O/c1-13-10-27(5-6-28-13)19-8-18(23-12-24-19)20(22)16-7-14(3-4-17(16)21)15-9-25-26(2)11-15/h3-4,7-9,11-13,22H,5-6,10,21H2,1-2H3/t13-/m0/s1. The van der Waals surface area contributed by atoms with E-state index in [0.29, 0.717) is 23.6 Å². The molecule has 0 amide bonds. The molecule has 3 heterocycles. The summed E-state index contributed by atoms with van der Waals surface area (Å²) in [6.07, 6.45) is 5.38. The average molecular weight is 377 g/mol. The summed E-state index contributed by atoms with van der Waals surface area (Å²) < 4.78 is 7.35. The number of nitrogens with one attached hydrogen (secondary N) is 1. The van der Waals surface area contributed by atoms with Gasteiger partial charge in [-0.2, -0.15) is 5.10 Å². The molecule has 4 rings (SSSR count). The fourth-order valence-electron chi connectivity index (χ4n) is 3.34. The van der Waals surface area contributed by atoms with E-state index in [0.717, 1.165) is 30.0 Å². The molecule has 1 atom stereocenters. The van der Waals surface area contributed by atoms with Gasteiger partial charge in [0.25, 0.3) is 0 Å². The van der Waals surface area contributed by atoms with Crippen LogP contribution in [0.3, 0.4) is 0 Å². The van der Waals surface area contributed by atoms with Crippen molar-refractivity contribution >= 4 is 17.2 Å². The summed E-state index contributed by atoms with van der Waals surface area (Å²) in [5.74, 6) is 0.798. The van der Waals surface area contributed by atoms with Crippen LogP contribution in [0.25, 0.3) is 11.1 Å². The lowest BCUT2D eigenvalue weighted by molar-refractivity contribution is 0.0529. The predicted molar refractivity (Wildman–Crippen MR) is 109 cm³/mol. The maximum absolute atomic E-state index is 8.69. The molecule has 0 spiro atoms. The van der Waals surface area contributed by atoms with Crippen LogP contribution in [-0.2, 0) is 11.8 Å². The van der Waals surface area contributed by atoms with Crippen molar-refractivity contribution < 1.29 is 4.74 Å². The third-order valence-electron chi connectivity index (χ3n) is 4.83. The summed E-state index contributed by atoms with van der Waals surface area (Å²) >= 11 is 0. The number of anilines is 2. The second kappa shape index (κ2) is 7.40. The highest BCUT2D eigenvalue weighted by Gasteiger charge is 2.20. The number of nitrogens with two attached hydrogens (primary N) is 1. The van der Waals surface area contributed by atoms with Gasteiger partial charge < -0.3 is 15.4 Å². The molecule has 1 saturated heterocycles. The largest absolute Gasteiger partial charge is 0.398 e. The van der Waals surface area contributed by atoms with Gasteiger partial charge in [-0.25, -0.2) is 9.97 Å². The Balaban J connectivity index is 1.65. The van der Waals surface area contributed by atoms with Gasteiger partial charge in [0.15, 0.2) is 0 Å². The third-order valence-corrected chi connectivity index (χ3v) is 4.83. The zero-order chi connectivity index (χ0) is 19.7. The first-order valence-corrected chi connectivity index (χ1v) is 9.17. The zero-order valence-corrected chi connectivity index (χ0v) is 16.0. The van der Waals surface area contributed by atoms with Crippen LogP contribution in [0.5, 0.6) is 0 Å². The Bertz CT molecular complexity index is 1010. The molecule has 0 aliphatic carbocycles. The molecule has 0 saturated carbocycles. The molecule has 28 heavy (non-hydrogen) atoms. The molecule has 1 aromatic carbocycles. The van der Waals surface area contributed by atoms with Crippen LogP contribution in [0.15, 0.2) is 43.0 Å². The number of aryl methyl sites for hydroxylation is 1. The van der Waals surface area contributed by atoms with E-state index in [1.165, 1.54) is 6.33 Å². The van der Waals surface area contributed by atoms with E-state index in [1.54, 1.807) is 10.9 Å². The van der Waals surface area contributed by atoms with Gasteiger partial charge >= 0.3 is 0 Å². The van der Waals surface area contributed by atoms with Gasteiger partial charge in [-0.15, -0.1) is 0 Å². The Morgan fingerprint density at radius 3 is 2.86 bits per heavy atom. The van der Waals surface area contributed by atoms with E-state index in [2.05, 4.69) is 20.0 Å². The Morgan fingerprint density at radius 2 is 2.11 bits per heavy atom. The van der Waals surface area contributed by atoms with Crippen LogP contribution in [0.1, 0.15) is 18.2 Å². The highest BCUT2D eigenvalue weighted by Crippen LogP contribution is 2.25. The van der Waals surface area contributed by atoms with E-state index in [1.807, 2.05) is 44.4 Å². The molecule has 0 radical (unpaired) electrons. The van der Waals surface area contributed by atoms with Gasteiger partial charge in [0, 0.05) is 49.2 Å². The molecule has 1 aliphatic rings. The Hall–Kier alpha value is -3.26. The lowest BCUT2D eigenvalue weighted by atomic mass is 9.99. The van der Waals surface area contributed by atoms with E-state index >= 15 is 0 Å². The van der Waals surface area contributed by atoms with Crippen LogP contribution in [-0.4, -0.2) is 51.3 Å². The van der Waals surface area contributed by atoms with E-state index < -0.39 is 0 Å². The lowest BCUT2D eigenvalue weighted by Crippen LogP contribution is -2.41. The normalized spacial score (nSPS) is 16.9. The van der Waals surface area contributed by atoms with Crippen molar-refractivity contribution in [2.45, 2.75) is 13.0 Å². The monoisotopic (exact) mass is 377 g/mol. The van der Waals surface area contributed by atoms with E-state index in [-0.39, 0.29) is 11.8 Å². The minimum Gasteiger partial charge on any atom is -0.398 e. The number of aromatic nitrogens is 4. The molecular weight excluding hydrogens is 354 g/mol. The van der Waals surface area contributed by atoms with Crippen molar-refractivity contribution in [2.75, 3.05) is 30.3 Å². The van der Waals surface area contributed by atoms with Gasteiger partial charge in [0.1, 0.15) is 12.1 Å². The summed E-state index contributed by atoms with van der Waals surface area (Å²) in [4.78, 5) is 10.9. The number of morpholine rings is 1. The Labute approximate surface area is 163 Å². The maximum atomic E-state index is 8.69. The molecule has 8 nitrogen and oxygen atoms in total. The van der Waals surface area contributed by atoms with E-state index in [4.69, 9.17) is 15.9 Å². The molecule has 2 aromatic heterocycles. The number of nitrogen functional groups attached to an aromatic ring is 1. The first-order valence-electron chi connectivity index (χ1n) is 9.17. The lowest BCUT2D eigenvalue weighted by Gasteiger charge is -2.32. The van der Waals surface area contributed by atoms with Gasteiger partial charge in [-0.3, -0.25) is 10.1 Å². The topological polar surface area (TPSA) is 106 Å². The number of hydrogen-bond donors (Lipinski definition) is 2. The highest BCUT2D eigenvalue weighted by atomic mass is 16.5. The molecule has 3 aromatic rings. The van der Waals surface area contributed by atoms with Crippen LogP contribution >= 0.6 is 0 Å². The maximum Gasteiger partial charge on any atom is 0.132 e. The first kappa shape index (κ1) is 18.1. The smallest absolute Gasteiger partial charge is 0.132 e. The number of nitrogens with zero attached hydrogens (tertiary/aromatic N) is 5. The first-order chi connectivity index (χ1) is 13.5. The van der Waals surface area contributed by atoms with Gasteiger partial charge in [0.05, 0.1) is 30.3 Å². The average Bonchev–Trinajstić information content (AvgIpc) is 3.14. The highest BCUT2D eigenvalue weighted by molar-refractivity contribution is 6.13. The van der Waals surface area contributed by atoms with E-state index in [9.17, 15) is 0 Å². The number of benzene rings is 1. The number of hydrogen-bond acceptors (Lipinski definition) is 7. The summed E-state index contributed by atoms with van der Waals surface area (Å²) in [5, 5.41) is 12.9. The second-order valence-electron chi connectivity index (χ2n) is 6.97. The van der Waals surface area contributed by atoms with Crippen molar-refractivity contribution in [2.24, 2.45) is 7.05 Å². The molecule has 144 valence electrons. The van der Waals surface area contributed by atoms with Crippen LogP contribution in [0.2, 0.25) is 0 Å². The van der Waals surface area contributed by atoms with Crippen LogP contribution < -0.4 is 10.6 Å². The molecule has 0 bridgehead atoms. The van der Waals surface area contributed by atoms with Crippen molar-refractivity contribution in [1.82, 2.24) is 19.7 Å². The zero-order valence-electron chi connectivity index (χ0n) is 16.0.